The van der Waals surface area contributed by atoms with E-state index in [0.717, 1.165) is 0 Å². The summed E-state index contributed by atoms with van der Waals surface area (Å²) < 4.78 is 0. The number of carbonyl (C=O) groups excluding carboxylic acids is 1. The van der Waals surface area contributed by atoms with Gasteiger partial charge in [-0.3, -0.25) is 4.79 Å². The lowest BCUT2D eigenvalue weighted by Crippen LogP contribution is -1.98. The molecule has 0 aliphatic carbocycles. The number of hydrogen-bond donors (Lipinski definition) is 1. The molecule has 0 saturated heterocycles. The van der Waals surface area contributed by atoms with Crippen LogP contribution in [0, 0.1) is 5.41 Å². The minimum Gasteiger partial charge on any atom is -0.309 e. The Bertz CT molecular complexity index is 108. The zero-order valence-electron chi connectivity index (χ0n) is 5.73. The summed E-state index contributed by atoms with van der Waals surface area (Å²) in [5.74, 6) is 1.40. The van der Waals surface area contributed by atoms with Crippen LogP contribution in [-0.2, 0) is 4.79 Å². The van der Waals surface area contributed by atoms with Crippen LogP contribution in [0.3, 0.4) is 0 Å². The number of Topliss-reactive ketones (excluding diaryl/α,β-unsaturated/α-hetero) is 1. The number of hydrogen-bond acceptors (Lipinski definition) is 3. The van der Waals surface area contributed by atoms with Gasteiger partial charge >= 0.3 is 0 Å². The lowest BCUT2D eigenvalue weighted by molar-refractivity contribution is -0.114. The van der Waals surface area contributed by atoms with Crippen molar-refractivity contribution < 1.29 is 4.79 Å². The Balaban J connectivity index is 3.10. The summed E-state index contributed by atoms with van der Waals surface area (Å²) in [7, 11) is 0. The molecule has 0 aromatic rings. The molecule has 0 unspecified atom stereocenters. The van der Waals surface area contributed by atoms with E-state index < -0.39 is 0 Å². The Morgan fingerprint density at radius 1 is 1.44 bits per heavy atom. The Morgan fingerprint density at radius 2 is 2.00 bits per heavy atom. The van der Waals surface area contributed by atoms with Crippen LogP contribution in [-0.4, -0.2) is 23.0 Å². The highest BCUT2D eigenvalue weighted by molar-refractivity contribution is 8.00. The fraction of sp³-hybridized carbons (Fsp3) is 0.667. The van der Waals surface area contributed by atoms with Crippen molar-refractivity contribution in [3.8, 4) is 0 Å². The van der Waals surface area contributed by atoms with Gasteiger partial charge in [0.1, 0.15) is 5.78 Å². The van der Waals surface area contributed by atoms with Crippen LogP contribution < -0.4 is 0 Å². The van der Waals surface area contributed by atoms with Crippen LogP contribution in [0.25, 0.3) is 0 Å². The number of carbonyl (C=O) groups is 1. The number of ketones is 1. The van der Waals surface area contributed by atoms with Gasteiger partial charge in [0.05, 0.1) is 5.75 Å². The molecule has 52 valence electrons. The Morgan fingerprint density at radius 3 is 2.33 bits per heavy atom. The standard InChI is InChI=1S/C6H11NOS/c1-5(7)3-9-4-6(2)8/h7H,3-4H2,1-2H3. The second-order valence-corrected chi connectivity index (χ2v) is 2.96. The Labute approximate surface area is 59.5 Å². The molecule has 1 N–H and O–H groups in total. The van der Waals surface area contributed by atoms with Crippen molar-refractivity contribution in [2.45, 2.75) is 13.8 Å². The van der Waals surface area contributed by atoms with Crippen molar-refractivity contribution in [2.75, 3.05) is 11.5 Å². The predicted octanol–water partition coefficient (Wildman–Crippen LogP) is 1.35. The SMILES string of the molecule is CC(=N)CSCC(C)=O. The largest absolute Gasteiger partial charge is 0.309 e. The molecule has 0 radical (unpaired) electrons. The number of thioether (sulfide) groups is 1. The van der Waals surface area contributed by atoms with Gasteiger partial charge in [0, 0.05) is 11.5 Å². The van der Waals surface area contributed by atoms with Crippen molar-refractivity contribution >= 4 is 23.3 Å². The molecule has 0 aliphatic rings. The van der Waals surface area contributed by atoms with Crippen molar-refractivity contribution in [1.82, 2.24) is 0 Å². The molecular formula is C6H11NOS. The van der Waals surface area contributed by atoms with E-state index in [1.54, 1.807) is 13.8 Å². The maximum atomic E-state index is 10.3. The van der Waals surface area contributed by atoms with Gasteiger partial charge < -0.3 is 5.41 Å². The fourth-order valence-electron chi connectivity index (χ4n) is 0.348. The molecule has 0 aromatic carbocycles. The minimum atomic E-state index is 0.182. The van der Waals surface area contributed by atoms with E-state index in [2.05, 4.69) is 0 Å². The van der Waals surface area contributed by atoms with Gasteiger partial charge in [-0.15, -0.1) is 11.8 Å². The highest BCUT2D eigenvalue weighted by Crippen LogP contribution is 1.98. The molecule has 3 heteroatoms. The second kappa shape index (κ2) is 4.56. The van der Waals surface area contributed by atoms with E-state index in [-0.39, 0.29) is 5.78 Å². The third-order valence-electron chi connectivity index (χ3n) is 0.624. The smallest absolute Gasteiger partial charge is 0.139 e. The van der Waals surface area contributed by atoms with Crippen LogP contribution >= 0.6 is 11.8 Å². The van der Waals surface area contributed by atoms with Crippen LogP contribution in [0.4, 0.5) is 0 Å². The monoisotopic (exact) mass is 145 g/mol. The van der Waals surface area contributed by atoms with Gasteiger partial charge in [0.2, 0.25) is 0 Å². The van der Waals surface area contributed by atoms with Crippen molar-refractivity contribution in [2.24, 2.45) is 0 Å². The second-order valence-electron chi connectivity index (χ2n) is 1.98. The zero-order chi connectivity index (χ0) is 7.28. The molecule has 0 rings (SSSR count). The van der Waals surface area contributed by atoms with E-state index >= 15 is 0 Å². The minimum absolute atomic E-state index is 0.182. The van der Waals surface area contributed by atoms with E-state index in [0.29, 0.717) is 17.2 Å². The molecule has 0 spiro atoms. The lowest BCUT2D eigenvalue weighted by atomic mass is 10.5. The third kappa shape index (κ3) is 7.69. The summed E-state index contributed by atoms with van der Waals surface area (Å²) in [6.45, 7) is 3.30. The average Bonchev–Trinajstić information content (AvgIpc) is 1.63. The first-order valence-electron chi connectivity index (χ1n) is 2.74. The topological polar surface area (TPSA) is 40.9 Å². The highest BCUT2D eigenvalue weighted by Gasteiger charge is 1.93. The summed E-state index contributed by atoms with van der Waals surface area (Å²) >= 11 is 1.50. The molecular weight excluding hydrogens is 134 g/mol. The number of nitrogens with one attached hydrogen (secondary N) is 1. The first-order valence-corrected chi connectivity index (χ1v) is 3.89. The Kier molecular flexibility index (Phi) is 4.40. The molecule has 0 saturated carbocycles. The van der Waals surface area contributed by atoms with E-state index in [4.69, 9.17) is 5.41 Å². The van der Waals surface area contributed by atoms with Gasteiger partial charge in [0.15, 0.2) is 0 Å². The maximum Gasteiger partial charge on any atom is 0.139 e. The number of rotatable bonds is 4. The van der Waals surface area contributed by atoms with Crippen LogP contribution in [0.1, 0.15) is 13.8 Å². The fourth-order valence-corrected chi connectivity index (χ4v) is 1.04. The maximum absolute atomic E-state index is 10.3. The summed E-state index contributed by atoms with van der Waals surface area (Å²) in [4.78, 5) is 10.3. The molecule has 0 atom stereocenters. The highest BCUT2D eigenvalue weighted by atomic mass is 32.2. The van der Waals surface area contributed by atoms with Crippen molar-refractivity contribution in [1.29, 1.82) is 5.41 Å². The van der Waals surface area contributed by atoms with Crippen molar-refractivity contribution in [3.05, 3.63) is 0 Å². The van der Waals surface area contributed by atoms with Crippen molar-refractivity contribution in [3.63, 3.8) is 0 Å². The molecule has 0 fully saturated rings. The third-order valence-corrected chi connectivity index (χ3v) is 1.87. The van der Waals surface area contributed by atoms with E-state index in [1.165, 1.54) is 11.8 Å². The van der Waals surface area contributed by atoms with Crippen LogP contribution in [0.15, 0.2) is 0 Å². The zero-order valence-corrected chi connectivity index (χ0v) is 6.55. The van der Waals surface area contributed by atoms with Crippen LogP contribution in [0.5, 0.6) is 0 Å². The summed E-state index contributed by atoms with van der Waals surface area (Å²) in [6.07, 6.45) is 0. The summed E-state index contributed by atoms with van der Waals surface area (Å²) in [5, 5.41) is 7.01. The van der Waals surface area contributed by atoms with Gasteiger partial charge in [-0.05, 0) is 13.8 Å². The predicted molar refractivity (Wildman–Crippen MR) is 41.4 cm³/mol. The summed E-state index contributed by atoms with van der Waals surface area (Å²) in [5.41, 5.74) is 0.626. The van der Waals surface area contributed by atoms with E-state index in [9.17, 15) is 4.79 Å². The van der Waals surface area contributed by atoms with Gasteiger partial charge in [0.25, 0.3) is 0 Å². The van der Waals surface area contributed by atoms with Crippen LogP contribution in [0.2, 0.25) is 0 Å². The van der Waals surface area contributed by atoms with Gasteiger partial charge in [-0.2, -0.15) is 0 Å². The Hall–Kier alpha value is -0.310. The molecule has 0 amide bonds. The normalized spacial score (nSPS) is 9.11. The molecule has 9 heavy (non-hydrogen) atoms. The molecule has 0 aliphatic heterocycles. The van der Waals surface area contributed by atoms with Gasteiger partial charge in [-0.1, -0.05) is 0 Å². The molecule has 0 bridgehead atoms. The summed E-state index contributed by atoms with van der Waals surface area (Å²) in [6, 6.07) is 0. The quantitative estimate of drug-likeness (QED) is 0.606. The van der Waals surface area contributed by atoms with Gasteiger partial charge in [-0.25, -0.2) is 0 Å². The first kappa shape index (κ1) is 8.69. The first-order chi connectivity index (χ1) is 4.13. The average molecular weight is 145 g/mol. The van der Waals surface area contributed by atoms with E-state index in [1.807, 2.05) is 0 Å². The molecule has 0 heterocycles. The molecule has 0 aromatic heterocycles. The molecule has 2 nitrogen and oxygen atoms in total. The lowest BCUT2D eigenvalue weighted by Gasteiger charge is -1.93.